The van der Waals surface area contributed by atoms with Crippen molar-refractivity contribution in [3.05, 3.63) is 0 Å². The first-order valence-corrected chi connectivity index (χ1v) is 8.96. The Kier molecular flexibility index (Phi) is 8.47. The Morgan fingerprint density at radius 2 is 2.32 bits per heavy atom. The minimum absolute atomic E-state index is 0.0833. The predicted molar refractivity (Wildman–Crippen MR) is 93.5 cm³/mol. The van der Waals surface area contributed by atoms with E-state index in [0.29, 0.717) is 38.1 Å². The molecule has 3 amide bonds. The van der Waals surface area contributed by atoms with E-state index in [4.69, 9.17) is 9.47 Å². The third-order valence-corrected chi connectivity index (χ3v) is 4.00. The molecule has 9 heteroatoms. The Labute approximate surface area is 148 Å². The van der Waals surface area contributed by atoms with Gasteiger partial charge in [-0.15, -0.1) is 0 Å². The number of aliphatic imine (C=N–C) groups is 1. The third kappa shape index (κ3) is 6.87. The van der Waals surface area contributed by atoms with E-state index in [0.717, 1.165) is 39.2 Å². The number of nitrogens with one attached hydrogen (secondary N) is 3. The van der Waals surface area contributed by atoms with E-state index in [2.05, 4.69) is 20.9 Å². The Bertz CT molecular complexity index is 449. The van der Waals surface area contributed by atoms with Gasteiger partial charge < -0.3 is 25.4 Å². The Hall–Kier alpha value is -1.87. The first-order chi connectivity index (χ1) is 12.2. The molecule has 0 aromatic heterocycles. The van der Waals surface area contributed by atoms with Crippen molar-refractivity contribution >= 4 is 17.9 Å². The fourth-order valence-electron chi connectivity index (χ4n) is 2.63. The van der Waals surface area contributed by atoms with Gasteiger partial charge in [0.15, 0.2) is 5.96 Å². The van der Waals surface area contributed by atoms with Crippen LogP contribution < -0.4 is 16.0 Å². The molecule has 0 aliphatic carbocycles. The molecule has 2 rings (SSSR count). The second kappa shape index (κ2) is 10.9. The van der Waals surface area contributed by atoms with E-state index in [1.807, 2.05) is 6.92 Å². The lowest BCUT2D eigenvalue weighted by molar-refractivity contribution is -0.124. The van der Waals surface area contributed by atoms with Crippen LogP contribution in [0.3, 0.4) is 0 Å². The average molecular weight is 355 g/mol. The molecule has 1 unspecified atom stereocenters. The van der Waals surface area contributed by atoms with Crippen molar-refractivity contribution in [2.45, 2.75) is 19.8 Å². The molecule has 0 radical (unpaired) electrons. The van der Waals surface area contributed by atoms with Crippen LogP contribution in [-0.2, 0) is 14.3 Å². The number of rotatable bonds is 10. The van der Waals surface area contributed by atoms with E-state index in [-0.39, 0.29) is 18.5 Å². The highest BCUT2D eigenvalue weighted by Gasteiger charge is 2.27. The highest BCUT2D eigenvalue weighted by molar-refractivity contribution is 6.01. The Balaban J connectivity index is 1.58. The second-order valence-electron chi connectivity index (χ2n) is 6.05. The van der Waals surface area contributed by atoms with E-state index >= 15 is 0 Å². The molecule has 9 nitrogen and oxygen atoms in total. The normalized spacial score (nSPS) is 20.9. The summed E-state index contributed by atoms with van der Waals surface area (Å²) in [5.74, 6) is 1.02. The molecule has 0 bridgehead atoms. The van der Waals surface area contributed by atoms with Gasteiger partial charge in [0.05, 0.1) is 19.8 Å². The molecule has 0 aromatic rings. The summed E-state index contributed by atoms with van der Waals surface area (Å²) in [5, 5.41) is 8.77. The zero-order valence-electron chi connectivity index (χ0n) is 14.9. The number of amides is 3. The smallest absolute Gasteiger partial charge is 0.324 e. The average Bonchev–Trinajstić information content (AvgIpc) is 3.22. The molecule has 3 N–H and O–H groups in total. The molecule has 0 saturated carbocycles. The number of urea groups is 1. The number of guanidine groups is 1. The number of hydrogen-bond acceptors (Lipinski definition) is 5. The van der Waals surface area contributed by atoms with Gasteiger partial charge in [-0.05, 0) is 19.8 Å². The van der Waals surface area contributed by atoms with Crippen molar-refractivity contribution in [3.8, 4) is 0 Å². The second-order valence-corrected chi connectivity index (χ2v) is 6.05. The van der Waals surface area contributed by atoms with Crippen molar-refractivity contribution in [2.75, 3.05) is 59.2 Å². The summed E-state index contributed by atoms with van der Waals surface area (Å²) in [6.07, 6.45) is 1.93. The number of carbonyl (C=O) groups is 2. The van der Waals surface area contributed by atoms with Crippen molar-refractivity contribution in [1.29, 1.82) is 0 Å². The quantitative estimate of drug-likeness (QED) is 0.212. The fraction of sp³-hybridized carbons (Fsp3) is 0.812. The maximum atomic E-state index is 11.5. The summed E-state index contributed by atoms with van der Waals surface area (Å²) in [4.78, 5) is 28.6. The van der Waals surface area contributed by atoms with Crippen LogP contribution in [0.1, 0.15) is 19.8 Å². The van der Waals surface area contributed by atoms with Gasteiger partial charge in [0.1, 0.15) is 0 Å². The van der Waals surface area contributed by atoms with Gasteiger partial charge in [0.2, 0.25) is 5.91 Å². The van der Waals surface area contributed by atoms with Crippen molar-refractivity contribution < 1.29 is 19.1 Å². The first-order valence-electron chi connectivity index (χ1n) is 8.96. The molecule has 0 aromatic carbocycles. The number of carbonyl (C=O) groups excluding carboxylic acids is 2. The molecule has 2 fully saturated rings. The number of nitrogens with zero attached hydrogens (tertiary/aromatic N) is 2. The van der Waals surface area contributed by atoms with Gasteiger partial charge in [-0.1, -0.05) is 0 Å². The van der Waals surface area contributed by atoms with E-state index < -0.39 is 0 Å². The van der Waals surface area contributed by atoms with Crippen LogP contribution in [-0.4, -0.2) is 81.9 Å². The summed E-state index contributed by atoms with van der Waals surface area (Å²) >= 11 is 0. The molecule has 2 heterocycles. The van der Waals surface area contributed by atoms with Gasteiger partial charge in [0, 0.05) is 45.3 Å². The van der Waals surface area contributed by atoms with Crippen LogP contribution in [0.4, 0.5) is 4.79 Å². The standard InChI is InChI=1S/C16H29N5O4/c1-2-17-15(19-6-7-21-14(22)10-20-16(21)23)18-5-3-8-24-11-13-4-9-25-12-13/h13H,2-12H2,1H3,(H,20,23)(H2,17,18,19). The van der Waals surface area contributed by atoms with Gasteiger partial charge in [0.25, 0.3) is 0 Å². The Morgan fingerprint density at radius 1 is 1.44 bits per heavy atom. The highest BCUT2D eigenvalue weighted by atomic mass is 16.5. The molecular weight excluding hydrogens is 326 g/mol. The topological polar surface area (TPSA) is 104 Å². The van der Waals surface area contributed by atoms with Crippen LogP contribution >= 0.6 is 0 Å². The van der Waals surface area contributed by atoms with E-state index in [1.165, 1.54) is 4.90 Å². The van der Waals surface area contributed by atoms with Crippen LogP contribution in [0.15, 0.2) is 4.99 Å². The Morgan fingerprint density at radius 3 is 3.00 bits per heavy atom. The van der Waals surface area contributed by atoms with Crippen molar-refractivity contribution in [1.82, 2.24) is 20.9 Å². The third-order valence-electron chi connectivity index (χ3n) is 4.00. The van der Waals surface area contributed by atoms with Gasteiger partial charge in [-0.3, -0.25) is 14.7 Å². The van der Waals surface area contributed by atoms with Crippen LogP contribution in [0, 0.1) is 5.92 Å². The summed E-state index contributed by atoms with van der Waals surface area (Å²) in [6, 6.07) is -0.335. The lowest BCUT2D eigenvalue weighted by atomic mass is 10.1. The number of hydrogen-bond donors (Lipinski definition) is 3. The summed E-state index contributed by atoms with van der Waals surface area (Å²) in [5.41, 5.74) is 0. The predicted octanol–water partition coefficient (Wildman–Crippen LogP) is -0.463. The molecule has 1 atom stereocenters. The fourth-order valence-corrected chi connectivity index (χ4v) is 2.63. The highest BCUT2D eigenvalue weighted by Crippen LogP contribution is 2.12. The zero-order valence-corrected chi connectivity index (χ0v) is 14.9. The molecule has 142 valence electrons. The van der Waals surface area contributed by atoms with Crippen LogP contribution in [0.25, 0.3) is 0 Å². The number of ether oxygens (including phenoxy) is 2. The van der Waals surface area contributed by atoms with E-state index in [9.17, 15) is 9.59 Å². The van der Waals surface area contributed by atoms with Crippen LogP contribution in [0.5, 0.6) is 0 Å². The molecule has 2 aliphatic rings. The minimum atomic E-state index is -0.335. The zero-order chi connectivity index (χ0) is 17.9. The van der Waals surface area contributed by atoms with E-state index in [1.54, 1.807) is 0 Å². The lowest BCUT2D eigenvalue weighted by Crippen LogP contribution is -2.43. The summed E-state index contributed by atoms with van der Waals surface area (Å²) in [6.45, 7) is 7.35. The SMILES string of the molecule is CCNC(=NCCCOCC1CCOC1)NCCN1C(=O)CNC1=O. The summed E-state index contributed by atoms with van der Waals surface area (Å²) in [7, 11) is 0. The summed E-state index contributed by atoms with van der Waals surface area (Å²) < 4.78 is 11.0. The van der Waals surface area contributed by atoms with Gasteiger partial charge in [-0.2, -0.15) is 0 Å². The number of imide groups is 1. The lowest BCUT2D eigenvalue weighted by Gasteiger charge is -2.15. The van der Waals surface area contributed by atoms with Crippen molar-refractivity contribution in [2.24, 2.45) is 10.9 Å². The van der Waals surface area contributed by atoms with Crippen LogP contribution in [0.2, 0.25) is 0 Å². The van der Waals surface area contributed by atoms with Gasteiger partial charge in [-0.25, -0.2) is 4.79 Å². The molecule has 0 spiro atoms. The molecular formula is C16H29N5O4. The minimum Gasteiger partial charge on any atom is -0.381 e. The molecule has 25 heavy (non-hydrogen) atoms. The van der Waals surface area contributed by atoms with Crippen molar-refractivity contribution in [3.63, 3.8) is 0 Å². The maximum Gasteiger partial charge on any atom is 0.324 e. The molecule has 2 aliphatic heterocycles. The maximum absolute atomic E-state index is 11.5. The first kappa shape index (κ1) is 19.5. The largest absolute Gasteiger partial charge is 0.381 e. The monoisotopic (exact) mass is 355 g/mol. The molecule has 2 saturated heterocycles. The van der Waals surface area contributed by atoms with Gasteiger partial charge >= 0.3 is 6.03 Å².